The third-order valence-corrected chi connectivity index (χ3v) is 3.66. The second-order valence-corrected chi connectivity index (χ2v) is 5.61. The number of aryl methyl sites for hydroxylation is 1. The van der Waals surface area contributed by atoms with Crippen LogP contribution in [0.15, 0.2) is 18.2 Å². The van der Waals surface area contributed by atoms with Crippen LogP contribution in [0.1, 0.15) is 31.9 Å². The third-order valence-electron chi connectivity index (χ3n) is 3.66. The molecule has 0 spiro atoms. The molecule has 19 heavy (non-hydrogen) atoms. The Balaban J connectivity index is 2.63. The number of hydrogen-bond acceptors (Lipinski definition) is 3. The first-order valence-electron chi connectivity index (χ1n) is 6.34. The van der Waals surface area contributed by atoms with Crippen molar-refractivity contribution >= 4 is 11.6 Å². The van der Waals surface area contributed by atoms with Crippen molar-refractivity contribution in [3.63, 3.8) is 0 Å². The normalized spacial score (nSPS) is 21.9. The monoisotopic (exact) mass is 262 g/mol. The van der Waals surface area contributed by atoms with Gasteiger partial charge in [-0.1, -0.05) is 17.7 Å². The van der Waals surface area contributed by atoms with Gasteiger partial charge in [-0.3, -0.25) is 14.9 Å². The van der Waals surface area contributed by atoms with Gasteiger partial charge >= 0.3 is 0 Å². The topological polar surface area (TPSA) is 63.5 Å². The number of amides is 1. The lowest BCUT2D eigenvalue weighted by Gasteiger charge is -2.24. The zero-order valence-corrected chi connectivity index (χ0v) is 11.6. The van der Waals surface area contributed by atoms with Gasteiger partial charge in [0, 0.05) is 16.7 Å². The molecule has 1 unspecified atom stereocenters. The molecule has 0 bridgehead atoms. The average molecular weight is 262 g/mol. The highest BCUT2D eigenvalue weighted by molar-refractivity contribution is 6.08. The van der Waals surface area contributed by atoms with Gasteiger partial charge in [-0.05, 0) is 39.3 Å². The van der Waals surface area contributed by atoms with E-state index in [0.717, 1.165) is 16.8 Å². The Bertz CT molecular complexity index is 554. The van der Waals surface area contributed by atoms with Crippen molar-refractivity contribution in [2.24, 2.45) is 0 Å². The summed E-state index contributed by atoms with van der Waals surface area (Å²) in [5.74, 6) is -0.181. The van der Waals surface area contributed by atoms with Gasteiger partial charge in [-0.2, -0.15) is 0 Å². The van der Waals surface area contributed by atoms with E-state index in [1.54, 1.807) is 11.8 Å². The summed E-state index contributed by atoms with van der Waals surface area (Å²) in [7, 11) is 0. The van der Waals surface area contributed by atoms with Crippen molar-refractivity contribution in [3.8, 4) is 0 Å². The van der Waals surface area contributed by atoms with E-state index >= 15 is 0 Å². The van der Waals surface area contributed by atoms with Gasteiger partial charge in [0.2, 0.25) is 12.5 Å². The van der Waals surface area contributed by atoms with Gasteiger partial charge in [-0.25, -0.2) is 0 Å². The minimum atomic E-state index is -1.06. The fourth-order valence-electron chi connectivity index (χ4n) is 2.72. The third kappa shape index (κ3) is 1.99. The molecule has 0 radical (unpaired) electrons. The van der Waals surface area contributed by atoms with Crippen molar-refractivity contribution in [1.29, 1.82) is 0 Å². The quantitative estimate of drug-likeness (QED) is 0.620. The Morgan fingerprint density at radius 1 is 1.42 bits per heavy atom. The van der Waals surface area contributed by atoms with E-state index in [9.17, 15) is 14.9 Å². The number of anilines is 1. The zero-order valence-electron chi connectivity index (χ0n) is 11.6. The van der Waals surface area contributed by atoms with Crippen LogP contribution in [-0.2, 0) is 10.2 Å². The smallest absolute Gasteiger partial charge is 0.244 e. The lowest BCUT2D eigenvalue weighted by atomic mass is 9.83. The van der Waals surface area contributed by atoms with Gasteiger partial charge in [0.25, 0.3) is 0 Å². The van der Waals surface area contributed by atoms with Gasteiger partial charge < -0.3 is 4.90 Å². The summed E-state index contributed by atoms with van der Waals surface area (Å²) in [5, 5.41) is 10.9. The summed E-state index contributed by atoms with van der Waals surface area (Å²) >= 11 is 0. The van der Waals surface area contributed by atoms with Crippen LogP contribution in [0.2, 0.25) is 0 Å². The number of nitrogens with zero attached hydrogens (tertiary/aromatic N) is 2. The molecule has 1 heterocycles. The fraction of sp³-hybridized carbons (Fsp3) is 0.500. The van der Waals surface area contributed by atoms with E-state index in [0.29, 0.717) is 0 Å². The van der Waals surface area contributed by atoms with Crippen LogP contribution in [0, 0.1) is 17.0 Å². The summed E-state index contributed by atoms with van der Waals surface area (Å²) < 4.78 is 0. The van der Waals surface area contributed by atoms with E-state index in [-0.39, 0.29) is 18.5 Å². The van der Waals surface area contributed by atoms with Crippen LogP contribution < -0.4 is 4.90 Å². The SMILES string of the molecule is Cc1ccc2c(c1)C(C)(C[N+](=O)[O-])C(=O)N2C(C)C. The molecular formula is C14H18N2O3. The Hall–Kier alpha value is -1.91. The van der Waals surface area contributed by atoms with Crippen LogP contribution >= 0.6 is 0 Å². The van der Waals surface area contributed by atoms with Gasteiger partial charge in [-0.15, -0.1) is 0 Å². The highest BCUT2D eigenvalue weighted by atomic mass is 16.6. The minimum Gasteiger partial charge on any atom is -0.309 e. The number of carbonyl (C=O) groups is 1. The van der Waals surface area contributed by atoms with Crippen molar-refractivity contribution in [1.82, 2.24) is 0 Å². The summed E-state index contributed by atoms with van der Waals surface area (Å²) in [5.41, 5.74) is 1.51. The predicted molar refractivity (Wildman–Crippen MR) is 73.0 cm³/mol. The minimum absolute atomic E-state index is 0.0115. The molecule has 1 aliphatic heterocycles. The number of rotatable bonds is 3. The lowest BCUT2D eigenvalue weighted by molar-refractivity contribution is -0.487. The van der Waals surface area contributed by atoms with E-state index < -0.39 is 10.3 Å². The second-order valence-electron chi connectivity index (χ2n) is 5.61. The van der Waals surface area contributed by atoms with E-state index in [2.05, 4.69) is 0 Å². The van der Waals surface area contributed by atoms with Crippen molar-refractivity contribution in [2.45, 2.75) is 39.2 Å². The van der Waals surface area contributed by atoms with Crippen molar-refractivity contribution in [2.75, 3.05) is 11.4 Å². The lowest BCUT2D eigenvalue weighted by Crippen LogP contribution is -2.45. The van der Waals surface area contributed by atoms with Crippen LogP contribution in [0.25, 0.3) is 0 Å². The number of carbonyl (C=O) groups excluding carboxylic acids is 1. The van der Waals surface area contributed by atoms with Crippen LogP contribution in [0.4, 0.5) is 5.69 Å². The van der Waals surface area contributed by atoms with Gasteiger partial charge in [0.05, 0.1) is 0 Å². The molecule has 0 saturated carbocycles. The number of nitro groups is 1. The molecule has 5 heteroatoms. The first-order chi connectivity index (χ1) is 8.77. The fourth-order valence-corrected chi connectivity index (χ4v) is 2.72. The Labute approximate surface area is 112 Å². The largest absolute Gasteiger partial charge is 0.309 e. The summed E-state index contributed by atoms with van der Waals surface area (Å²) in [6.07, 6.45) is 0. The van der Waals surface area contributed by atoms with Gasteiger partial charge in [0.15, 0.2) is 0 Å². The molecule has 1 aromatic carbocycles. The van der Waals surface area contributed by atoms with E-state index in [1.165, 1.54) is 0 Å². The highest BCUT2D eigenvalue weighted by Gasteiger charge is 2.51. The molecule has 5 nitrogen and oxygen atoms in total. The first-order valence-corrected chi connectivity index (χ1v) is 6.34. The Morgan fingerprint density at radius 3 is 2.58 bits per heavy atom. The second kappa shape index (κ2) is 4.33. The molecule has 1 aliphatic rings. The van der Waals surface area contributed by atoms with E-state index in [4.69, 9.17) is 0 Å². The van der Waals surface area contributed by atoms with Crippen LogP contribution in [-0.4, -0.2) is 23.4 Å². The van der Waals surface area contributed by atoms with E-state index in [1.807, 2.05) is 39.0 Å². The summed E-state index contributed by atoms with van der Waals surface area (Å²) in [6.45, 7) is 7.05. The van der Waals surface area contributed by atoms with Crippen LogP contribution in [0.3, 0.4) is 0 Å². The maximum Gasteiger partial charge on any atom is 0.244 e. The standard InChI is InChI=1S/C14H18N2O3/c1-9(2)16-12-6-5-10(3)7-11(12)14(4,13(16)17)8-15(18)19/h5-7,9H,8H2,1-4H3. The molecule has 0 saturated heterocycles. The van der Waals surface area contributed by atoms with Gasteiger partial charge in [0.1, 0.15) is 5.41 Å². The molecule has 1 amide bonds. The molecule has 102 valence electrons. The molecule has 1 aromatic rings. The average Bonchev–Trinajstić information content (AvgIpc) is 2.48. The molecule has 0 aliphatic carbocycles. The number of hydrogen-bond donors (Lipinski definition) is 0. The van der Waals surface area contributed by atoms with Crippen LogP contribution in [0.5, 0.6) is 0 Å². The maximum absolute atomic E-state index is 12.6. The van der Waals surface area contributed by atoms with Crippen molar-refractivity contribution in [3.05, 3.63) is 39.4 Å². The molecule has 1 atom stereocenters. The zero-order chi connectivity index (χ0) is 14.4. The maximum atomic E-state index is 12.6. The number of benzene rings is 1. The molecule has 2 rings (SSSR count). The molecule has 0 aromatic heterocycles. The molecule has 0 fully saturated rings. The Kier molecular flexibility index (Phi) is 3.08. The summed E-state index contributed by atoms with van der Waals surface area (Å²) in [6, 6.07) is 5.69. The predicted octanol–water partition coefficient (Wildman–Crippen LogP) is 2.28. The molecule has 0 N–H and O–H groups in total. The first kappa shape index (κ1) is 13.5. The Morgan fingerprint density at radius 2 is 2.05 bits per heavy atom. The van der Waals surface area contributed by atoms with Crippen molar-refractivity contribution < 1.29 is 9.72 Å². The number of fused-ring (bicyclic) bond motifs is 1. The summed E-state index contributed by atoms with van der Waals surface area (Å²) in [4.78, 5) is 24.8. The highest BCUT2D eigenvalue weighted by Crippen LogP contribution is 2.43. The molecular weight excluding hydrogens is 244 g/mol.